The highest BCUT2D eigenvalue weighted by Crippen LogP contribution is 2.19. The number of primary amides is 1. The van der Waals surface area contributed by atoms with Crippen LogP contribution in [0.15, 0.2) is 17.5 Å². The predicted molar refractivity (Wildman–Crippen MR) is 132 cm³/mol. The molecule has 0 saturated carbocycles. The molecule has 12 N–H and O–H groups in total. The number of guanidine groups is 1. The van der Waals surface area contributed by atoms with E-state index in [0.717, 1.165) is 6.92 Å². The quantitative estimate of drug-likeness (QED) is 0.0758. The van der Waals surface area contributed by atoms with Gasteiger partial charge in [-0.1, -0.05) is 0 Å². The number of hydrogen-bond acceptors (Lipinski definition) is 8. The average Bonchev–Trinajstić information content (AvgIpc) is 3.51. The molecule has 0 unspecified atom stereocenters. The predicted octanol–water partition coefficient (Wildman–Crippen LogP) is -3.50. The van der Waals surface area contributed by atoms with Crippen molar-refractivity contribution in [2.45, 2.75) is 57.2 Å². The molecule has 206 valence electrons. The Morgan fingerprint density at radius 3 is 2.43 bits per heavy atom. The third kappa shape index (κ3) is 11.4. The summed E-state index contributed by atoms with van der Waals surface area (Å²) in [5.74, 6) is -3.06. The summed E-state index contributed by atoms with van der Waals surface area (Å²) in [5.41, 5.74) is 22.1. The Morgan fingerprint density at radius 1 is 1.22 bits per heavy atom. The number of nitrogens with one attached hydrogen (secondary N) is 3. The number of amides is 4. The van der Waals surface area contributed by atoms with E-state index in [1.807, 2.05) is 0 Å². The van der Waals surface area contributed by atoms with Crippen molar-refractivity contribution in [1.82, 2.24) is 25.5 Å². The fourth-order valence-electron chi connectivity index (χ4n) is 3.64. The Morgan fingerprint density at radius 2 is 1.89 bits per heavy atom. The van der Waals surface area contributed by atoms with Crippen LogP contribution in [0.2, 0.25) is 0 Å². The Balaban J connectivity index is 0.00000159. The lowest BCUT2D eigenvalue weighted by Gasteiger charge is -2.29. The summed E-state index contributed by atoms with van der Waals surface area (Å²) in [6, 6.07) is -2.70. The number of carbonyl (C=O) groups excluding carboxylic acids is 4. The van der Waals surface area contributed by atoms with Crippen molar-refractivity contribution in [3.63, 3.8) is 0 Å². The Bertz CT molecular complexity index is 944. The molecule has 1 saturated heterocycles. The maximum atomic E-state index is 13.2. The van der Waals surface area contributed by atoms with E-state index in [-0.39, 0.29) is 31.9 Å². The first kappa shape index (κ1) is 30.8. The van der Waals surface area contributed by atoms with Crippen LogP contribution in [-0.2, 0) is 30.4 Å². The smallest absolute Gasteiger partial charge is 0.300 e. The molecule has 1 fully saturated rings. The van der Waals surface area contributed by atoms with E-state index in [1.165, 1.54) is 17.4 Å². The van der Waals surface area contributed by atoms with Gasteiger partial charge in [0.05, 0.1) is 12.9 Å². The number of aliphatic carboxylic acids is 1. The zero-order chi connectivity index (χ0) is 28.0. The summed E-state index contributed by atoms with van der Waals surface area (Å²) in [7, 11) is 0. The number of imidazole rings is 1. The third-order valence-corrected chi connectivity index (χ3v) is 5.24. The number of carboxylic acids is 1. The van der Waals surface area contributed by atoms with Crippen molar-refractivity contribution in [3.8, 4) is 0 Å². The van der Waals surface area contributed by atoms with Crippen molar-refractivity contribution in [2.75, 3.05) is 19.6 Å². The monoisotopic (exact) mass is 524 g/mol. The molecule has 4 amide bonds. The molecule has 1 aromatic heterocycles. The fourth-order valence-corrected chi connectivity index (χ4v) is 3.64. The second-order valence-electron chi connectivity index (χ2n) is 8.23. The molecule has 1 aliphatic heterocycles. The largest absolute Gasteiger partial charge is 0.481 e. The van der Waals surface area contributed by atoms with Crippen LogP contribution in [0, 0.1) is 0 Å². The maximum Gasteiger partial charge on any atom is 0.300 e. The first-order chi connectivity index (χ1) is 17.5. The van der Waals surface area contributed by atoms with Crippen LogP contribution < -0.4 is 33.6 Å². The van der Waals surface area contributed by atoms with Crippen molar-refractivity contribution in [3.05, 3.63) is 18.2 Å². The Labute approximate surface area is 213 Å². The minimum atomic E-state index is -1.000. The van der Waals surface area contributed by atoms with Crippen LogP contribution >= 0.6 is 0 Å². The van der Waals surface area contributed by atoms with E-state index in [4.69, 9.17) is 32.8 Å². The number of H-pyrrole nitrogens is 1. The highest BCUT2D eigenvalue weighted by Gasteiger charge is 2.37. The van der Waals surface area contributed by atoms with E-state index >= 15 is 0 Å². The van der Waals surface area contributed by atoms with Crippen LogP contribution in [0.5, 0.6) is 0 Å². The third-order valence-electron chi connectivity index (χ3n) is 5.24. The fraction of sp³-hybridized carbons (Fsp3) is 0.571. The van der Waals surface area contributed by atoms with Gasteiger partial charge in [-0.3, -0.25) is 29.0 Å². The molecule has 37 heavy (non-hydrogen) atoms. The molecule has 1 aromatic rings. The first-order valence-corrected chi connectivity index (χ1v) is 11.6. The summed E-state index contributed by atoms with van der Waals surface area (Å²) in [6.07, 6.45) is 4.78. The van der Waals surface area contributed by atoms with Gasteiger partial charge in [-0.15, -0.1) is 0 Å². The number of carbonyl (C=O) groups is 5. The van der Waals surface area contributed by atoms with E-state index in [0.29, 0.717) is 31.5 Å². The molecular weight excluding hydrogens is 488 g/mol. The zero-order valence-electron chi connectivity index (χ0n) is 20.7. The van der Waals surface area contributed by atoms with Gasteiger partial charge in [0.25, 0.3) is 5.97 Å². The van der Waals surface area contributed by atoms with Crippen molar-refractivity contribution in [2.24, 2.45) is 27.9 Å². The molecule has 3 atom stereocenters. The molecular formula is C21H36N10O6. The second-order valence-corrected chi connectivity index (χ2v) is 8.23. The van der Waals surface area contributed by atoms with Crippen LogP contribution in [0.3, 0.4) is 0 Å². The Kier molecular flexibility index (Phi) is 13.1. The molecule has 1 aliphatic rings. The molecule has 16 heteroatoms. The summed E-state index contributed by atoms with van der Waals surface area (Å²) in [4.78, 5) is 71.0. The van der Waals surface area contributed by atoms with Gasteiger partial charge in [-0.05, 0) is 25.7 Å². The lowest BCUT2D eigenvalue weighted by atomic mass is 10.1. The van der Waals surface area contributed by atoms with Gasteiger partial charge in [0.2, 0.25) is 23.6 Å². The van der Waals surface area contributed by atoms with Gasteiger partial charge in [-0.2, -0.15) is 0 Å². The Hall–Kier alpha value is -4.21. The molecule has 2 heterocycles. The molecule has 0 aliphatic carbocycles. The topological polar surface area (TPSA) is 278 Å². The van der Waals surface area contributed by atoms with Crippen molar-refractivity contribution >= 4 is 35.6 Å². The lowest BCUT2D eigenvalue weighted by Crippen LogP contribution is -2.57. The van der Waals surface area contributed by atoms with Gasteiger partial charge in [0, 0.05) is 38.3 Å². The number of carboxylic acid groups (broad SMARTS) is 1. The van der Waals surface area contributed by atoms with Gasteiger partial charge in [-0.25, -0.2) is 4.98 Å². The highest BCUT2D eigenvalue weighted by molar-refractivity contribution is 5.94. The lowest BCUT2D eigenvalue weighted by molar-refractivity contribution is -0.141. The summed E-state index contributed by atoms with van der Waals surface area (Å²) in [6.45, 7) is 1.39. The van der Waals surface area contributed by atoms with E-state index in [9.17, 15) is 19.2 Å². The number of hydrogen-bond donors (Lipinski definition) is 8. The first-order valence-electron chi connectivity index (χ1n) is 11.6. The van der Waals surface area contributed by atoms with Gasteiger partial charge in [0.15, 0.2) is 5.96 Å². The van der Waals surface area contributed by atoms with Crippen LogP contribution in [-0.4, -0.2) is 93.3 Å². The summed E-state index contributed by atoms with van der Waals surface area (Å²) < 4.78 is 0. The molecule has 0 spiro atoms. The molecule has 0 aromatic carbocycles. The molecule has 16 nitrogen and oxygen atoms in total. The molecule has 0 bridgehead atoms. The number of nitrogens with zero attached hydrogens (tertiary/aromatic N) is 3. The van der Waals surface area contributed by atoms with Crippen molar-refractivity contribution in [1.29, 1.82) is 0 Å². The standard InChI is InChI=1S/C19H32N10O4.C2H4O2/c20-8-15(30)27-13(7-11-9-24-10-26-11)17(32)28-12(3-1-5-25-19(22)23)18(33)29-6-2-4-14(29)16(21)31;1-2(3)4/h9-10,12-14H,1-8,20H2,(H2,21,31)(H,24,26)(H,27,30)(H,28,32)(H4,22,23,25);1H3,(H,3,4)/t12-,13-,14-;/m0./s1. The normalized spacial score (nSPS) is 15.9. The average molecular weight is 525 g/mol. The van der Waals surface area contributed by atoms with E-state index in [2.05, 4.69) is 25.6 Å². The SMILES string of the molecule is CC(=O)O.NCC(=O)N[C@@H](Cc1cnc[nH]1)C(=O)N[C@@H](CCCN=C(N)N)C(=O)N1CCC[C@H]1C(N)=O. The minimum Gasteiger partial charge on any atom is -0.481 e. The number of likely N-dealkylation sites (tertiary alicyclic amines) is 1. The summed E-state index contributed by atoms with van der Waals surface area (Å²) in [5, 5.41) is 12.7. The second kappa shape index (κ2) is 15.7. The van der Waals surface area contributed by atoms with E-state index < -0.39 is 47.7 Å². The number of aromatic amines is 1. The minimum absolute atomic E-state index is 0.0839. The maximum absolute atomic E-state index is 13.2. The van der Waals surface area contributed by atoms with Gasteiger partial charge in [0.1, 0.15) is 18.1 Å². The number of rotatable bonds is 12. The van der Waals surface area contributed by atoms with Crippen LogP contribution in [0.4, 0.5) is 0 Å². The number of nitrogens with two attached hydrogens (primary N) is 4. The van der Waals surface area contributed by atoms with Crippen LogP contribution in [0.1, 0.15) is 38.3 Å². The number of aromatic nitrogens is 2. The molecule has 0 radical (unpaired) electrons. The zero-order valence-corrected chi connectivity index (χ0v) is 20.7. The van der Waals surface area contributed by atoms with Gasteiger partial charge >= 0.3 is 0 Å². The van der Waals surface area contributed by atoms with Crippen LogP contribution in [0.25, 0.3) is 0 Å². The highest BCUT2D eigenvalue weighted by atomic mass is 16.4. The molecule has 2 rings (SSSR count). The van der Waals surface area contributed by atoms with Gasteiger partial charge < -0.3 is 48.6 Å². The van der Waals surface area contributed by atoms with E-state index in [1.54, 1.807) is 0 Å². The summed E-state index contributed by atoms with van der Waals surface area (Å²) >= 11 is 0. The van der Waals surface area contributed by atoms with Crippen molar-refractivity contribution < 1.29 is 29.1 Å². The number of aliphatic imine (C=N–C) groups is 1.